The molecule has 0 saturated carbocycles. The Morgan fingerprint density at radius 1 is 1.22 bits per heavy atom. The number of piperidine rings is 1. The minimum Gasteiger partial charge on any atom is -0.493 e. The molecular formula is C24H26N6O2. The molecule has 164 valence electrons. The molecule has 1 aromatic carbocycles. The summed E-state index contributed by atoms with van der Waals surface area (Å²) in [6.07, 6.45) is 6.58. The van der Waals surface area contributed by atoms with Crippen molar-refractivity contribution in [3.05, 3.63) is 59.9 Å². The standard InChI is InChI=1S/C24H26N6O2/c1-28-12-4-3-5-20(28)16-29(2)23(31)19-10-11-22(26-14-19)30-24(32)21(15-27-30)18-8-6-17(13-25)7-9-18/h6-11,14-15,20,32H,3-5,12,16H2,1-2H3. The normalized spacial score (nSPS) is 16.5. The van der Waals surface area contributed by atoms with E-state index >= 15 is 0 Å². The summed E-state index contributed by atoms with van der Waals surface area (Å²) in [5.41, 5.74) is 2.32. The third-order valence-corrected chi connectivity index (χ3v) is 6.03. The zero-order chi connectivity index (χ0) is 22.7. The molecule has 1 saturated heterocycles. The molecular weight excluding hydrogens is 404 g/mol. The van der Waals surface area contributed by atoms with Crippen LogP contribution in [0.2, 0.25) is 0 Å². The van der Waals surface area contributed by atoms with Gasteiger partial charge in [-0.3, -0.25) is 4.79 Å². The van der Waals surface area contributed by atoms with E-state index in [9.17, 15) is 9.90 Å². The van der Waals surface area contributed by atoms with Gasteiger partial charge in [0, 0.05) is 25.8 Å². The maximum atomic E-state index is 12.9. The van der Waals surface area contributed by atoms with Crippen LogP contribution in [0.1, 0.15) is 35.2 Å². The first-order valence-corrected chi connectivity index (χ1v) is 10.7. The lowest BCUT2D eigenvalue weighted by atomic mass is 10.0. The number of hydrogen-bond donors (Lipinski definition) is 1. The number of hydrogen-bond acceptors (Lipinski definition) is 6. The van der Waals surface area contributed by atoms with Gasteiger partial charge < -0.3 is 14.9 Å². The largest absolute Gasteiger partial charge is 0.493 e. The second kappa shape index (κ2) is 9.20. The smallest absolute Gasteiger partial charge is 0.255 e. The predicted octanol–water partition coefficient (Wildman–Crippen LogP) is 3.07. The number of pyridine rings is 1. The molecule has 3 heterocycles. The van der Waals surface area contributed by atoms with E-state index in [4.69, 9.17) is 5.26 Å². The fourth-order valence-corrected chi connectivity index (χ4v) is 4.07. The third-order valence-electron chi connectivity index (χ3n) is 6.03. The van der Waals surface area contributed by atoms with Crippen molar-refractivity contribution >= 4 is 5.91 Å². The topological polar surface area (TPSA) is 98.3 Å². The van der Waals surface area contributed by atoms with Crippen molar-refractivity contribution in [2.24, 2.45) is 0 Å². The molecule has 0 aliphatic carbocycles. The van der Waals surface area contributed by atoms with Gasteiger partial charge in [-0.25, -0.2) is 4.98 Å². The molecule has 1 fully saturated rings. The number of amides is 1. The highest BCUT2D eigenvalue weighted by molar-refractivity contribution is 5.93. The van der Waals surface area contributed by atoms with E-state index in [0.717, 1.165) is 18.5 Å². The number of benzene rings is 1. The van der Waals surface area contributed by atoms with Crippen molar-refractivity contribution < 1.29 is 9.90 Å². The molecule has 0 spiro atoms. The molecule has 1 aliphatic rings. The summed E-state index contributed by atoms with van der Waals surface area (Å²) in [5, 5.41) is 23.8. The number of aromatic hydroxyl groups is 1. The molecule has 1 unspecified atom stereocenters. The van der Waals surface area contributed by atoms with Crippen LogP contribution in [-0.4, -0.2) is 68.8 Å². The first-order valence-electron chi connectivity index (χ1n) is 10.7. The second-order valence-electron chi connectivity index (χ2n) is 8.20. The van der Waals surface area contributed by atoms with Crippen LogP contribution in [0.3, 0.4) is 0 Å². The average molecular weight is 431 g/mol. The Hall–Kier alpha value is -3.70. The summed E-state index contributed by atoms with van der Waals surface area (Å²) < 4.78 is 1.32. The van der Waals surface area contributed by atoms with Gasteiger partial charge in [0.15, 0.2) is 5.82 Å². The fraction of sp³-hybridized carbons (Fsp3) is 0.333. The van der Waals surface area contributed by atoms with Crippen molar-refractivity contribution in [1.29, 1.82) is 5.26 Å². The zero-order valence-corrected chi connectivity index (χ0v) is 18.3. The van der Waals surface area contributed by atoms with E-state index < -0.39 is 0 Å². The van der Waals surface area contributed by atoms with Crippen LogP contribution >= 0.6 is 0 Å². The molecule has 1 N–H and O–H groups in total. The highest BCUT2D eigenvalue weighted by atomic mass is 16.3. The first kappa shape index (κ1) is 21.5. The van der Waals surface area contributed by atoms with E-state index in [-0.39, 0.29) is 11.8 Å². The van der Waals surface area contributed by atoms with E-state index in [1.165, 1.54) is 23.7 Å². The Morgan fingerprint density at radius 2 is 2.00 bits per heavy atom. The maximum Gasteiger partial charge on any atom is 0.255 e. The van der Waals surface area contributed by atoms with Crippen molar-refractivity contribution in [1.82, 2.24) is 24.6 Å². The van der Waals surface area contributed by atoms with Crippen molar-refractivity contribution in [3.8, 4) is 28.9 Å². The Kier molecular flexibility index (Phi) is 6.19. The molecule has 32 heavy (non-hydrogen) atoms. The Balaban J connectivity index is 1.48. The lowest BCUT2D eigenvalue weighted by molar-refractivity contribution is 0.0716. The predicted molar refractivity (Wildman–Crippen MR) is 120 cm³/mol. The van der Waals surface area contributed by atoms with Crippen molar-refractivity contribution in [3.63, 3.8) is 0 Å². The minimum absolute atomic E-state index is 0.0567. The molecule has 8 nitrogen and oxygen atoms in total. The van der Waals surface area contributed by atoms with E-state index in [1.807, 2.05) is 7.05 Å². The van der Waals surface area contributed by atoms with E-state index in [2.05, 4.69) is 28.1 Å². The number of likely N-dealkylation sites (N-methyl/N-ethyl adjacent to an activating group) is 2. The van der Waals surface area contributed by atoms with Gasteiger partial charge in [-0.2, -0.15) is 15.0 Å². The molecule has 8 heteroatoms. The first-order chi connectivity index (χ1) is 15.5. The molecule has 4 rings (SSSR count). The highest BCUT2D eigenvalue weighted by Gasteiger charge is 2.23. The van der Waals surface area contributed by atoms with Crippen LogP contribution in [0, 0.1) is 11.3 Å². The van der Waals surface area contributed by atoms with Gasteiger partial charge in [0.2, 0.25) is 5.88 Å². The summed E-state index contributed by atoms with van der Waals surface area (Å²) in [7, 11) is 3.93. The Morgan fingerprint density at radius 3 is 2.66 bits per heavy atom. The minimum atomic E-state index is -0.0778. The highest BCUT2D eigenvalue weighted by Crippen LogP contribution is 2.30. The number of aromatic nitrogens is 3. The number of nitrogens with zero attached hydrogens (tertiary/aromatic N) is 6. The van der Waals surface area contributed by atoms with Gasteiger partial charge in [-0.15, -0.1) is 0 Å². The number of carbonyl (C=O) groups excluding carboxylic acids is 1. The molecule has 1 aliphatic heterocycles. The lowest BCUT2D eigenvalue weighted by Crippen LogP contribution is -2.45. The zero-order valence-electron chi connectivity index (χ0n) is 18.3. The van der Waals surface area contributed by atoms with Crippen LogP contribution in [0.4, 0.5) is 0 Å². The summed E-state index contributed by atoms with van der Waals surface area (Å²) in [5.74, 6) is 0.276. The number of nitriles is 1. The Labute approximate surface area is 187 Å². The number of likely N-dealkylation sites (tertiary alicyclic amines) is 1. The van der Waals surface area contributed by atoms with Gasteiger partial charge >= 0.3 is 0 Å². The van der Waals surface area contributed by atoms with Gasteiger partial charge in [-0.1, -0.05) is 18.6 Å². The van der Waals surface area contributed by atoms with Crippen LogP contribution in [0.5, 0.6) is 5.88 Å². The third kappa shape index (κ3) is 4.34. The Bertz CT molecular complexity index is 1130. The van der Waals surface area contributed by atoms with Crippen molar-refractivity contribution in [2.75, 3.05) is 27.2 Å². The number of carbonyl (C=O) groups is 1. The summed E-state index contributed by atoms with van der Waals surface area (Å²) >= 11 is 0. The SMILES string of the molecule is CN(CC1CCCCN1C)C(=O)c1ccc(-n2ncc(-c3ccc(C#N)cc3)c2O)nc1. The average Bonchev–Trinajstić information content (AvgIpc) is 3.21. The summed E-state index contributed by atoms with van der Waals surface area (Å²) in [6, 6.07) is 12.7. The van der Waals surface area contributed by atoms with Crippen LogP contribution in [0.25, 0.3) is 16.9 Å². The van der Waals surface area contributed by atoms with Gasteiger partial charge in [-0.05, 0) is 56.3 Å². The quantitative estimate of drug-likeness (QED) is 0.668. The monoisotopic (exact) mass is 430 g/mol. The molecule has 1 amide bonds. The lowest BCUT2D eigenvalue weighted by Gasteiger charge is -2.35. The van der Waals surface area contributed by atoms with Gasteiger partial charge in [0.1, 0.15) is 0 Å². The molecule has 0 radical (unpaired) electrons. The van der Waals surface area contributed by atoms with E-state index in [1.54, 1.807) is 47.5 Å². The molecule has 2 aromatic heterocycles. The second-order valence-corrected chi connectivity index (χ2v) is 8.20. The number of rotatable bonds is 5. The summed E-state index contributed by atoms with van der Waals surface area (Å²) in [4.78, 5) is 21.3. The maximum absolute atomic E-state index is 12.9. The molecule has 3 aromatic rings. The van der Waals surface area contributed by atoms with Crippen molar-refractivity contribution in [2.45, 2.75) is 25.3 Å². The molecule has 0 bridgehead atoms. The molecule has 1 atom stereocenters. The van der Waals surface area contributed by atoms with E-state index in [0.29, 0.717) is 35.1 Å². The summed E-state index contributed by atoms with van der Waals surface area (Å²) in [6.45, 7) is 1.76. The van der Waals surface area contributed by atoms with Crippen LogP contribution in [-0.2, 0) is 0 Å². The fourth-order valence-electron chi connectivity index (χ4n) is 4.07. The van der Waals surface area contributed by atoms with Crippen LogP contribution < -0.4 is 0 Å². The van der Waals surface area contributed by atoms with Crippen LogP contribution in [0.15, 0.2) is 48.8 Å². The van der Waals surface area contributed by atoms with Gasteiger partial charge in [0.05, 0.1) is 29.0 Å². The van der Waals surface area contributed by atoms with Gasteiger partial charge in [0.25, 0.3) is 5.91 Å².